The normalized spacial score (nSPS) is 22.1. The van der Waals surface area contributed by atoms with Gasteiger partial charge < -0.3 is 14.2 Å². The first-order valence-electron chi connectivity index (χ1n) is 8.00. The smallest absolute Gasteiger partial charge is 0.389 e. The van der Waals surface area contributed by atoms with Crippen LogP contribution in [0, 0.1) is 0 Å². The minimum Gasteiger partial charge on any atom is -0.494 e. The number of halogens is 3. The number of alkyl halides is 3. The summed E-state index contributed by atoms with van der Waals surface area (Å²) in [5.41, 5.74) is 0.989. The topological polar surface area (TPSA) is 27.7 Å². The molecule has 0 spiro atoms. The average Bonchev–Trinajstić information content (AvgIpc) is 2.52. The fraction of sp³-hybridized carbons (Fsp3) is 0.647. The lowest BCUT2D eigenvalue weighted by molar-refractivity contribution is -0.137. The van der Waals surface area contributed by atoms with Gasteiger partial charge in [0.05, 0.1) is 25.9 Å². The lowest BCUT2D eigenvalue weighted by Gasteiger charge is -2.29. The molecule has 1 aliphatic heterocycles. The van der Waals surface area contributed by atoms with Crippen LogP contribution in [0.1, 0.15) is 44.3 Å². The molecule has 1 aromatic rings. The van der Waals surface area contributed by atoms with Gasteiger partial charge in [0.1, 0.15) is 11.9 Å². The molecule has 0 saturated carbocycles. The van der Waals surface area contributed by atoms with Crippen LogP contribution < -0.4 is 4.74 Å². The molecule has 1 aliphatic rings. The second-order valence-electron chi connectivity index (χ2n) is 5.70. The van der Waals surface area contributed by atoms with Crippen LogP contribution in [0.4, 0.5) is 13.2 Å². The van der Waals surface area contributed by atoms with E-state index in [1.54, 1.807) is 12.1 Å². The molecule has 3 nitrogen and oxygen atoms in total. The number of benzene rings is 1. The van der Waals surface area contributed by atoms with Gasteiger partial charge in [-0.15, -0.1) is 0 Å². The second kappa shape index (κ2) is 8.55. The molecule has 0 unspecified atom stereocenters. The molecule has 1 saturated heterocycles. The fourth-order valence-electron chi connectivity index (χ4n) is 2.47. The summed E-state index contributed by atoms with van der Waals surface area (Å²) in [6.45, 7) is 3.29. The van der Waals surface area contributed by atoms with Crippen LogP contribution in [-0.4, -0.2) is 32.1 Å². The Morgan fingerprint density at radius 2 is 1.87 bits per heavy atom. The predicted molar refractivity (Wildman–Crippen MR) is 80.6 cm³/mol. The second-order valence-corrected chi connectivity index (χ2v) is 5.70. The van der Waals surface area contributed by atoms with Crippen molar-refractivity contribution in [3.8, 4) is 5.75 Å². The largest absolute Gasteiger partial charge is 0.494 e. The first-order chi connectivity index (χ1) is 11.0. The highest BCUT2D eigenvalue weighted by Crippen LogP contribution is 2.26. The quantitative estimate of drug-likeness (QED) is 0.680. The van der Waals surface area contributed by atoms with Crippen LogP contribution in [0.5, 0.6) is 5.75 Å². The summed E-state index contributed by atoms with van der Waals surface area (Å²) >= 11 is 0. The minimum absolute atomic E-state index is 0.0381. The summed E-state index contributed by atoms with van der Waals surface area (Å²) < 4.78 is 53.0. The van der Waals surface area contributed by atoms with E-state index in [0.29, 0.717) is 19.0 Å². The number of rotatable bonds is 7. The summed E-state index contributed by atoms with van der Waals surface area (Å²) in [5, 5.41) is 0. The number of hydrogen-bond acceptors (Lipinski definition) is 3. The van der Waals surface area contributed by atoms with E-state index in [-0.39, 0.29) is 25.2 Å². The van der Waals surface area contributed by atoms with Crippen LogP contribution in [-0.2, 0) is 9.47 Å². The van der Waals surface area contributed by atoms with E-state index in [9.17, 15) is 13.2 Å². The molecular formula is C17H23F3O3. The van der Waals surface area contributed by atoms with Crippen molar-refractivity contribution in [1.29, 1.82) is 0 Å². The third-order valence-corrected chi connectivity index (χ3v) is 3.70. The van der Waals surface area contributed by atoms with Crippen LogP contribution in [0.15, 0.2) is 24.3 Å². The van der Waals surface area contributed by atoms with E-state index in [1.807, 2.05) is 12.1 Å². The van der Waals surface area contributed by atoms with Crippen molar-refractivity contribution in [2.24, 2.45) is 0 Å². The summed E-state index contributed by atoms with van der Waals surface area (Å²) in [6, 6.07) is 7.25. The highest BCUT2D eigenvalue weighted by atomic mass is 19.4. The van der Waals surface area contributed by atoms with E-state index in [1.165, 1.54) is 0 Å². The van der Waals surface area contributed by atoms with Gasteiger partial charge in [0.15, 0.2) is 0 Å². The molecule has 1 heterocycles. The Bertz CT molecular complexity index is 451. The van der Waals surface area contributed by atoms with Crippen molar-refractivity contribution in [2.75, 3.05) is 19.8 Å². The van der Waals surface area contributed by atoms with Gasteiger partial charge in [-0.25, -0.2) is 0 Å². The third-order valence-electron chi connectivity index (χ3n) is 3.70. The van der Waals surface area contributed by atoms with Crippen molar-refractivity contribution in [3.05, 3.63) is 29.8 Å². The maximum absolute atomic E-state index is 12.0. The van der Waals surface area contributed by atoms with Gasteiger partial charge in [0.25, 0.3) is 0 Å². The van der Waals surface area contributed by atoms with Gasteiger partial charge in [-0.05, 0) is 30.5 Å². The summed E-state index contributed by atoms with van der Waals surface area (Å²) in [7, 11) is 0. The third kappa shape index (κ3) is 6.39. The molecule has 0 aliphatic carbocycles. The van der Waals surface area contributed by atoms with Gasteiger partial charge >= 0.3 is 6.18 Å². The predicted octanol–water partition coefficient (Wildman–Crippen LogP) is 4.66. The van der Waals surface area contributed by atoms with Crippen LogP contribution >= 0.6 is 0 Å². The fourth-order valence-corrected chi connectivity index (χ4v) is 2.47. The minimum atomic E-state index is -4.12. The van der Waals surface area contributed by atoms with Crippen molar-refractivity contribution >= 4 is 0 Å². The summed E-state index contributed by atoms with van der Waals surface area (Å²) in [6.07, 6.45) is -2.84. The van der Waals surface area contributed by atoms with Gasteiger partial charge in [0, 0.05) is 6.42 Å². The molecule has 2 rings (SSSR count). The van der Waals surface area contributed by atoms with Gasteiger partial charge in [0.2, 0.25) is 0 Å². The molecular weight excluding hydrogens is 309 g/mol. The molecule has 0 radical (unpaired) electrons. The molecule has 0 amide bonds. The zero-order valence-corrected chi connectivity index (χ0v) is 13.3. The average molecular weight is 332 g/mol. The monoisotopic (exact) mass is 332 g/mol. The van der Waals surface area contributed by atoms with Gasteiger partial charge in [-0.3, -0.25) is 0 Å². The van der Waals surface area contributed by atoms with Gasteiger partial charge in [-0.2, -0.15) is 13.2 Å². The Balaban J connectivity index is 1.74. The van der Waals surface area contributed by atoms with Crippen molar-refractivity contribution < 1.29 is 27.4 Å². The molecule has 23 heavy (non-hydrogen) atoms. The first kappa shape index (κ1) is 18.1. The maximum atomic E-state index is 12.0. The van der Waals surface area contributed by atoms with E-state index < -0.39 is 12.6 Å². The molecule has 1 aromatic carbocycles. The van der Waals surface area contributed by atoms with Crippen molar-refractivity contribution in [3.63, 3.8) is 0 Å². The number of hydrogen-bond donors (Lipinski definition) is 0. The molecule has 0 bridgehead atoms. The Hall–Kier alpha value is -1.27. The van der Waals surface area contributed by atoms with E-state index >= 15 is 0 Å². The lowest BCUT2D eigenvalue weighted by Crippen LogP contribution is -2.30. The number of ether oxygens (including phenoxy) is 3. The van der Waals surface area contributed by atoms with E-state index in [4.69, 9.17) is 14.2 Å². The zero-order chi connectivity index (χ0) is 16.7. The Morgan fingerprint density at radius 3 is 2.43 bits per heavy atom. The van der Waals surface area contributed by atoms with Crippen molar-refractivity contribution in [2.45, 2.75) is 51.0 Å². The standard InChI is InChI=1S/C17H23F3O3/c1-2-4-15-11-23-16(12-22-15)13-5-7-14(8-6-13)21-10-3-9-17(18,19)20/h5-8,15-16H,2-4,9-12H2,1H3/t15-,16-/m1/s1. The Kier molecular flexibility index (Phi) is 6.72. The molecule has 130 valence electrons. The highest BCUT2D eigenvalue weighted by molar-refractivity contribution is 5.28. The molecule has 0 N–H and O–H groups in total. The van der Waals surface area contributed by atoms with Crippen LogP contribution in [0.25, 0.3) is 0 Å². The first-order valence-corrected chi connectivity index (χ1v) is 8.00. The highest BCUT2D eigenvalue weighted by Gasteiger charge is 2.26. The van der Waals surface area contributed by atoms with Gasteiger partial charge in [-0.1, -0.05) is 25.5 Å². The van der Waals surface area contributed by atoms with Crippen LogP contribution in [0.3, 0.4) is 0 Å². The molecule has 0 aromatic heterocycles. The summed E-state index contributed by atoms with van der Waals surface area (Å²) in [5.74, 6) is 0.566. The zero-order valence-electron chi connectivity index (χ0n) is 13.3. The molecule has 2 atom stereocenters. The summed E-state index contributed by atoms with van der Waals surface area (Å²) in [4.78, 5) is 0. The Labute approximate surface area is 134 Å². The Morgan fingerprint density at radius 1 is 1.13 bits per heavy atom. The molecule has 6 heteroatoms. The van der Waals surface area contributed by atoms with Crippen molar-refractivity contribution in [1.82, 2.24) is 0 Å². The lowest BCUT2D eigenvalue weighted by atomic mass is 10.1. The molecule has 1 fully saturated rings. The van der Waals surface area contributed by atoms with E-state index in [2.05, 4.69) is 6.92 Å². The van der Waals surface area contributed by atoms with E-state index in [0.717, 1.165) is 18.4 Å². The van der Waals surface area contributed by atoms with Crippen LogP contribution in [0.2, 0.25) is 0 Å². The SMILES string of the molecule is CCC[C@@H]1CO[C@@H](c2ccc(OCCCC(F)(F)F)cc2)CO1. The maximum Gasteiger partial charge on any atom is 0.389 e.